The maximum Gasteiger partial charge on any atom is 0.255 e. The zero-order valence-corrected chi connectivity index (χ0v) is 11.7. The van der Waals surface area contributed by atoms with Gasteiger partial charge in [0.2, 0.25) is 10.0 Å². The molecule has 110 valence electrons. The first kappa shape index (κ1) is 15.1. The summed E-state index contributed by atoms with van der Waals surface area (Å²) >= 11 is 0. The molecule has 0 radical (unpaired) electrons. The van der Waals surface area contributed by atoms with E-state index in [-0.39, 0.29) is 11.3 Å². The molecular formula is C14H13FN2O3S. The molecule has 0 fully saturated rings. The summed E-state index contributed by atoms with van der Waals surface area (Å²) in [5, 5.41) is 7.53. The highest BCUT2D eigenvalue weighted by molar-refractivity contribution is 7.88. The summed E-state index contributed by atoms with van der Waals surface area (Å²) in [5.74, 6) is -1.22. The molecule has 7 heteroatoms. The number of nitrogens with two attached hydrogens (primary N) is 1. The van der Waals surface area contributed by atoms with Gasteiger partial charge in [-0.1, -0.05) is 18.2 Å². The van der Waals surface area contributed by atoms with E-state index in [4.69, 9.17) is 5.14 Å². The highest BCUT2D eigenvalue weighted by Crippen LogP contribution is 2.13. The Morgan fingerprint density at radius 2 is 1.81 bits per heavy atom. The van der Waals surface area contributed by atoms with Gasteiger partial charge >= 0.3 is 0 Å². The van der Waals surface area contributed by atoms with E-state index in [1.165, 1.54) is 18.2 Å². The lowest BCUT2D eigenvalue weighted by molar-refractivity contribution is 0.102. The molecule has 2 aromatic rings. The van der Waals surface area contributed by atoms with Gasteiger partial charge < -0.3 is 5.32 Å². The second-order valence-corrected chi connectivity index (χ2v) is 6.08. The summed E-state index contributed by atoms with van der Waals surface area (Å²) in [6.07, 6.45) is 0. The normalized spacial score (nSPS) is 11.1. The SMILES string of the molecule is NS(=O)(=O)Cc1ccc(NC(=O)c2cccc(F)c2)cc1. The van der Waals surface area contributed by atoms with Crippen LogP contribution in [-0.4, -0.2) is 14.3 Å². The highest BCUT2D eigenvalue weighted by Gasteiger charge is 2.08. The van der Waals surface area contributed by atoms with Crippen LogP contribution in [0.25, 0.3) is 0 Å². The van der Waals surface area contributed by atoms with E-state index in [1.807, 2.05) is 0 Å². The minimum atomic E-state index is -3.59. The first-order valence-electron chi connectivity index (χ1n) is 6.00. The summed E-state index contributed by atoms with van der Waals surface area (Å²) < 4.78 is 34.9. The number of rotatable bonds is 4. The fourth-order valence-electron chi connectivity index (χ4n) is 1.75. The third-order valence-electron chi connectivity index (χ3n) is 2.67. The Bertz CT molecular complexity index is 758. The van der Waals surface area contributed by atoms with Crippen LogP contribution in [0.4, 0.5) is 10.1 Å². The quantitative estimate of drug-likeness (QED) is 0.903. The van der Waals surface area contributed by atoms with Crippen LogP contribution in [0.2, 0.25) is 0 Å². The molecule has 3 N–H and O–H groups in total. The number of halogens is 1. The average Bonchev–Trinajstić information content (AvgIpc) is 2.39. The van der Waals surface area contributed by atoms with Crippen molar-refractivity contribution < 1.29 is 17.6 Å². The van der Waals surface area contributed by atoms with Crippen molar-refractivity contribution in [3.05, 3.63) is 65.5 Å². The predicted octanol–water partition coefficient (Wildman–Crippen LogP) is 1.87. The number of hydrogen-bond donors (Lipinski definition) is 2. The Morgan fingerprint density at radius 3 is 2.38 bits per heavy atom. The van der Waals surface area contributed by atoms with Crippen molar-refractivity contribution in [3.8, 4) is 0 Å². The van der Waals surface area contributed by atoms with Crippen LogP contribution in [0.5, 0.6) is 0 Å². The number of sulfonamides is 1. The zero-order chi connectivity index (χ0) is 15.5. The maximum absolute atomic E-state index is 13.0. The minimum Gasteiger partial charge on any atom is -0.322 e. The monoisotopic (exact) mass is 308 g/mol. The van der Waals surface area contributed by atoms with Gasteiger partial charge in [0.25, 0.3) is 5.91 Å². The molecule has 0 saturated heterocycles. The Balaban J connectivity index is 2.08. The lowest BCUT2D eigenvalue weighted by Gasteiger charge is -2.06. The largest absolute Gasteiger partial charge is 0.322 e. The zero-order valence-electron chi connectivity index (χ0n) is 10.9. The fraction of sp³-hybridized carbons (Fsp3) is 0.0714. The van der Waals surface area contributed by atoms with Crippen LogP contribution >= 0.6 is 0 Å². The van der Waals surface area contributed by atoms with Gasteiger partial charge in [0.1, 0.15) is 5.82 Å². The molecular weight excluding hydrogens is 295 g/mol. The van der Waals surface area contributed by atoms with Crippen LogP contribution in [0.1, 0.15) is 15.9 Å². The first-order valence-corrected chi connectivity index (χ1v) is 7.71. The number of carbonyl (C=O) groups excluding carboxylic acids is 1. The second kappa shape index (κ2) is 6.02. The van der Waals surface area contributed by atoms with Crippen molar-refractivity contribution in [1.29, 1.82) is 0 Å². The van der Waals surface area contributed by atoms with Crippen molar-refractivity contribution in [2.75, 3.05) is 5.32 Å². The Kier molecular flexibility index (Phi) is 4.35. The van der Waals surface area contributed by atoms with Gasteiger partial charge in [0, 0.05) is 11.3 Å². The fourth-order valence-corrected chi connectivity index (χ4v) is 2.41. The Morgan fingerprint density at radius 1 is 1.14 bits per heavy atom. The van der Waals surface area contributed by atoms with Gasteiger partial charge in [-0.2, -0.15) is 0 Å². The number of anilines is 1. The smallest absolute Gasteiger partial charge is 0.255 e. The molecule has 0 aromatic heterocycles. The van der Waals surface area contributed by atoms with Crippen molar-refractivity contribution in [3.63, 3.8) is 0 Å². The van der Waals surface area contributed by atoms with E-state index < -0.39 is 21.7 Å². The Hall–Kier alpha value is -2.25. The van der Waals surface area contributed by atoms with Crippen LogP contribution in [0.3, 0.4) is 0 Å². The molecule has 0 bridgehead atoms. The third-order valence-corrected chi connectivity index (χ3v) is 3.40. The molecule has 0 aliphatic carbocycles. The molecule has 2 rings (SSSR count). The van der Waals surface area contributed by atoms with Crippen LogP contribution in [0.15, 0.2) is 48.5 Å². The number of carbonyl (C=O) groups is 1. The predicted molar refractivity (Wildman–Crippen MR) is 77.6 cm³/mol. The summed E-state index contributed by atoms with van der Waals surface area (Å²) in [4.78, 5) is 11.9. The first-order chi connectivity index (χ1) is 9.83. The number of primary sulfonamides is 1. The summed E-state index contributed by atoms with van der Waals surface area (Å²) in [6.45, 7) is 0. The molecule has 21 heavy (non-hydrogen) atoms. The van der Waals surface area contributed by atoms with Crippen molar-refractivity contribution in [1.82, 2.24) is 0 Å². The lowest BCUT2D eigenvalue weighted by atomic mass is 10.2. The molecule has 1 amide bonds. The van der Waals surface area contributed by atoms with Gasteiger partial charge in [-0.15, -0.1) is 0 Å². The molecule has 0 aliphatic rings. The van der Waals surface area contributed by atoms with Gasteiger partial charge in [-0.3, -0.25) is 4.79 Å². The van der Waals surface area contributed by atoms with E-state index in [0.29, 0.717) is 11.3 Å². The molecule has 0 atom stereocenters. The Labute approximate surface area is 121 Å². The van der Waals surface area contributed by atoms with Gasteiger partial charge in [-0.25, -0.2) is 17.9 Å². The van der Waals surface area contributed by atoms with Gasteiger partial charge in [0.15, 0.2) is 0 Å². The number of amides is 1. The third kappa shape index (κ3) is 4.66. The van der Waals surface area contributed by atoms with Crippen LogP contribution in [-0.2, 0) is 15.8 Å². The molecule has 2 aromatic carbocycles. The minimum absolute atomic E-state index is 0.198. The summed E-state index contributed by atoms with van der Waals surface area (Å²) in [7, 11) is -3.59. The number of hydrogen-bond acceptors (Lipinski definition) is 3. The van der Waals surface area contributed by atoms with Crippen molar-refractivity contribution >= 4 is 21.6 Å². The lowest BCUT2D eigenvalue weighted by Crippen LogP contribution is -2.15. The van der Waals surface area contributed by atoms with E-state index in [2.05, 4.69) is 5.32 Å². The van der Waals surface area contributed by atoms with E-state index in [0.717, 1.165) is 6.07 Å². The second-order valence-electron chi connectivity index (χ2n) is 4.47. The average molecular weight is 308 g/mol. The highest BCUT2D eigenvalue weighted by atomic mass is 32.2. The molecule has 0 spiro atoms. The number of benzene rings is 2. The van der Waals surface area contributed by atoms with Crippen molar-refractivity contribution in [2.24, 2.45) is 5.14 Å². The standard InChI is InChI=1S/C14H13FN2O3S/c15-12-3-1-2-11(8-12)14(18)17-13-6-4-10(5-7-13)9-21(16,19)20/h1-8H,9H2,(H,17,18)(H2,16,19,20). The van der Waals surface area contributed by atoms with E-state index in [1.54, 1.807) is 24.3 Å². The molecule has 0 heterocycles. The van der Waals surface area contributed by atoms with Crippen LogP contribution < -0.4 is 10.5 Å². The topological polar surface area (TPSA) is 89.3 Å². The summed E-state index contributed by atoms with van der Waals surface area (Å²) in [5.41, 5.74) is 1.19. The van der Waals surface area contributed by atoms with Crippen LogP contribution in [0, 0.1) is 5.82 Å². The van der Waals surface area contributed by atoms with E-state index >= 15 is 0 Å². The van der Waals surface area contributed by atoms with E-state index in [9.17, 15) is 17.6 Å². The molecule has 0 aliphatic heterocycles. The number of nitrogens with one attached hydrogen (secondary N) is 1. The molecule has 5 nitrogen and oxygen atoms in total. The summed E-state index contributed by atoms with van der Waals surface area (Å²) in [6, 6.07) is 11.5. The van der Waals surface area contributed by atoms with Crippen molar-refractivity contribution in [2.45, 2.75) is 5.75 Å². The van der Waals surface area contributed by atoms with Gasteiger partial charge in [0.05, 0.1) is 5.75 Å². The maximum atomic E-state index is 13.0. The molecule has 0 unspecified atom stereocenters. The van der Waals surface area contributed by atoms with Gasteiger partial charge in [-0.05, 0) is 35.9 Å². The molecule has 0 saturated carbocycles.